The van der Waals surface area contributed by atoms with E-state index in [1.807, 2.05) is 18.2 Å². The van der Waals surface area contributed by atoms with E-state index in [4.69, 9.17) is 14.7 Å². The van der Waals surface area contributed by atoms with Gasteiger partial charge in [0.15, 0.2) is 0 Å². The van der Waals surface area contributed by atoms with Crippen molar-refractivity contribution in [2.24, 2.45) is 5.41 Å². The minimum atomic E-state index is -0.955. The van der Waals surface area contributed by atoms with Gasteiger partial charge in [-0.25, -0.2) is 19.3 Å². The first kappa shape index (κ1) is 27.2. The zero-order valence-corrected chi connectivity index (χ0v) is 23.4. The number of rotatable bonds is 7. The molecule has 6 nitrogen and oxygen atoms in total. The van der Waals surface area contributed by atoms with Crippen LogP contribution >= 0.6 is 11.3 Å². The molecule has 1 aliphatic heterocycles. The number of anilines is 1. The third-order valence-corrected chi connectivity index (χ3v) is 8.60. The number of morpholine rings is 1. The molecule has 2 aromatic heterocycles. The molecule has 0 spiro atoms. The molecule has 0 bridgehead atoms. The van der Waals surface area contributed by atoms with Crippen molar-refractivity contribution in [1.82, 2.24) is 15.0 Å². The normalized spacial score (nSPS) is 14.7. The lowest BCUT2D eigenvalue weighted by molar-refractivity contribution is 0.122. The minimum absolute atomic E-state index is 0.114. The Morgan fingerprint density at radius 1 is 1.08 bits per heavy atom. The molecule has 4 aromatic rings. The van der Waals surface area contributed by atoms with Crippen LogP contribution in [-0.4, -0.2) is 46.4 Å². The fourth-order valence-corrected chi connectivity index (χ4v) is 5.66. The Bertz CT molecular complexity index is 1490. The van der Waals surface area contributed by atoms with E-state index in [9.17, 15) is 5.11 Å². The maximum atomic E-state index is 15.4. The van der Waals surface area contributed by atoms with Gasteiger partial charge in [0.05, 0.1) is 24.4 Å². The average molecular weight is 545 g/mol. The summed E-state index contributed by atoms with van der Waals surface area (Å²) >= 11 is 1.35. The van der Waals surface area contributed by atoms with Crippen molar-refractivity contribution < 1.29 is 14.2 Å². The van der Waals surface area contributed by atoms with E-state index in [2.05, 4.69) is 42.5 Å². The maximum Gasteiger partial charge on any atom is 0.206 e. The van der Waals surface area contributed by atoms with E-state index < -0.39 is 11.9 Å². The molecule has 8 heteroatoms. The molecule has 3 heterocycles. The summed E-state index contributed by atoms with van der Waals surface area (Å²) in [4.78, 5) is 16.1. The summed E-state index contributed by atoms with van der Waals surface area (Å²) in [6.07, 6.45) is 3.48. The number of thiazole rings is 1. The van der Waals surface area contributed by atoms with Crippen molar-refractivity contribution in [3.05, 3.63) is 70.2 Å². The smallest absolute Gasteiger partial charge is 0.206 e. The van der Waals surface area contributed by atoms with Gasteiger partial charge in [-0.2, -0.15) is 0 Å². The molecule has 0 aliphatic carbocycles. The molecule has 5 rings (SSSR count). The van der Waals surface area contributed by atoms with Gasteiger partial charge in [-0.3, -0.25) is 0 Å². The second kappa shape index (κ2) is 11.8. The zero-order valence-electron chi connectivity index (χ0n) is 22.6. The van der Waals surface area contributed by atoms with Crippen LogP contribution in [-0.2, 0) is 4.74 Å². The first-order valence-electron chi connectivity index (χ1n) is 13.5. The number of aromatic nitrogens is 3. The van der Waals surface area contributed by atoms with Gasteiger partial charge < -0.3 is 14.7 Å². The second-order valence-corrected chi connectivity index (χ2v) is 10.7. The number of hydrogen-bond donors (Lipinski definition) is 1. The van der Waals surface area contributed by atoms with Gasteiger partial charge in [-0.05, 0) is 61.1 Å². The van der Waals surface area contributed by atoms with E-state index in [0.717, 1.165) is 43.4 Å². The van der Waals surface area contributed by atoms with Crippen LogP contribution in [0.2, 0.25) is 0 Å². The van der Waals surface area contributed by atoms with Crippen molar-refractivity contribution in [2.75, 3.05) is 31.2 Å². The number of ether oxygens (including phenoxy) is 1. The van der Waals surface area contributed by atoms with Crippen LogP contribution in [0.25, 0.3) is 22.2 Å². The highest BCUT2D eigenvalue weighted by molar-refractivity contribution is 7.09. The molecule has 2 aromatic carbocycles. The van der Waals surface area contributed by atoms with Crippen LogP contribution in [0, 0.1) is 23.1 Å². The molecule has 1 saturated heterocycles. The Balaban J connectivity index is 1.67. The van der Waals surface area contributed by atoms with Crippen LogP contribution in [0.3, 0.4) is 0 Å². The number of aliphatic hydroxyl groups excluding tert-OH is 1. The molecule has 1 fully saturated rings. The number of nitrogens with zero attached hydrogens (tertiary/aromatic N) is 4. The predicted molar refractivity (Wildman–Crippen MR) is 154 cm³/mol. The fraction of sp³-hybridized carbons (Fsp3) is 0.387. The Labute approximate surface area is 232 Å². The van der Waals surface area contributed by atoms with Crippen LogP contribution in [0.4, 0.5) is 10.1 Å². The molecule has 1 N–H and O–H groups in total. The standard InChI is InChI=1S/C31H33FN4O2S/c1-4-31(5-2,6-3)12-11-27-34-26-20-22(36-14-16-38-17-15-36)8-9-23(26)28(35-27)24-19-21(7-10-25(24)32)29(37)30-33-13-18-39-30/h7-10,13,18-20,29,37H,4-6,14-17H2,1-3H3. The van der Waals surface area contributed by atoms with Crippen LogP contribution < -0.4 is 4.90 Å². The van der Waals surface area contributed by atoms with Crippen molar-refractivity contribution in [3.8, 4) is 23.1 Å². The third-order valence-electron chi connectivity index (χ3n) is 7.77. The first-order chi connectivity index (χ1) is 19.0. The number of benzene rings is 2. The van der Waals surface area contributed by atoms with Gasteiger partial charge in [0.1, 0.15) is 16.9 Å². The molecule has 0 radical (unpaired) electrons. The van der Waals surface area contributed by atoms with Crippen molar-refractivity contribution in [3.63, 3.8) is 0 Å². The minimum Gasteiger partial charge on any atom is -0.381 e. The van der Waals surface area contributed by atoms with Crippen molar-refractivity contribution in [2.45, 2.75) is 46.1 Å². The van der Waals surface area contributed by atoms with Crippen LogP contribution in [0.15, 0.2) is 48.0 Å². The van der Waals surface area contributed by atoms with Gasteiger partial charge in [-0.1, -0.05) is 32.8 Å². The van der Waals surface area contributed by atoms with Gasteiger partial charge in [0.25, 0.3) is 0 Å². The SMILES string of the molecule is CCC(C#Cc1nc(-c2cc(C(O)c3nccs3)ccc2F)c2ccc(N3CCOCC3)cc2n1)(CC)CC. The van der Waals surface area contributed by atoms with Crippen molar-refractivity contribution >= 4 is 27.9 Å². The summed E-state index contributed by atoms with van der Waals surface area (Å²) in [6.45, 7) is 9.40. The molecule has 1 aliphatic rings. The Kier molecular flexibility index (Phi) is 8.22. The monoisotopic (exact) mass is 544 g/mol. The Morgan fingerprint density at radius 3 is 2.54 bits per heavy atom. The van der Waals surface area contributed by atoms with E-state index in [1.165, 1.54) is 17.4 Å². The lowest BCUT2D eigenvalue weighted by Gasteiger charge is -2.29. The van der Waals surface area contributed by atoms with Gasteiger partial charge in [-0.15, -0.1) is 11.3 Å². The third kappa shape index (κ3) is 5.67. The summed E-state index contributed by atoms with van der Waals surface area (Å²) in [7, 11) is 0. The molecule has 39 heavy (non-hydrogen) atoms. The fourth-order valence-electron chi connectivity index (χ4n) is 5.01. The number of aliphatic hydroxyl groups is 1. The molecule has 1 atom stereocenters. The summed E-state index contributed by atoms with van der Waals surface area (Å²) in [5.41, 5.74) is 2.93. The summed E-state index contributed by atoms with van der Waals surface area (Å²) in [6, 6.07) is 10.6. The largest absolute Gasteiger partial charge is 0.381 e. The summed E-state index contributed by atoms with van der Waals surface area (Å²) in [5.74, 6) is 6.61. The molecular formula is C31H33FN4O2S. The number of fused-ring (bicyclic) bond motifs is 1. The van der Waals surface area contributed by atoms with Crippen molar-refractivity contribution in [1.29, 1.82) is 0 Å². The predicted octanol–water partition coefficient (Wildman–Crippen LogP) is 6.38. The Morgan fingerprint density at radius 2 is 1.85 bits per heavy atom. The molecule has 202 valence electrons. The second-order valence-electron chi connectivity index (χ2n) is 9.80. The lowest BCUT2D eigenvalue weighted by atomic mass is 9.80. The van der Waals surface area contributed by atoms with E-state index in [1.54, 1.807) is 23.7 Å². The quantitative estimate of drug-likeness (QED) is 0.272. The van der Waals surface area contributed by atoms with Gasteiger partial charge in [0.2, 0.25) is 5.82 Å². The number of hydrogen-bond acceptors (Lipinski definition) is 7. The van der Waals surface area contributed by atoms with Crippen LogP contribution in [0.1, 0.15) is 62.5 Å². The van der Waals surface area contributed by atoms with E-state index in [0.29, 0.717) is 46.4 Å². The van der Waals surface area contributed by atoms with Gasteiger partial charge in [0, 0.05) is 46.7 Å². The molecule has 1 unspecified atom stereocenters. The average Bonchev–Trinajstić information content (AvgIpc) is 3.53. The van der Waals surface area contributed by atoms with Crippen LogP contribution in [0.5, 0.6) is 0 Å². The lowest BCUT2D eigenvalue weighted by Crippen LogP contribution is -2.36. The maximum absolute atomic E-state index is 15.4. The zero-order chi connectivity index (χ0) is 27.4. The highest BCUT2D eigenvalue weighted by Gasteiger charge is 2.22. The Hall–Kier alpha value is -3.38. The van der Waals surface area contributed by atoms with E-state index >= 15 is 4.39 Å². The summed E-state index contributed by atoms with van der Waals surface area (Å²) in [5, 5.41) is 14.0. The highest BCUT2D eigenvalue weighted by Crippen LogP contribution is 2.34. The first-order valence-corrected chi connectivity index (χ1v) is 14.4. The molecule has 0 amide bonds. The highest BCUT2D eigenvalue weighted by atomic mass is 32.1. The topological polar surface area (TPSA) is 71.4 Å². The van der Waals surface area contributed by atoms with E-state index in [-0.39, 0.29) is 5.41 Å². The van der Waals surface area contributed by atoms with Gasteiger partial charge >= 0.3 is 0 Å². The summed E-state index contributed by atoms with van der Waals surface area (Å²) < 4.78 is 20.9. The number of halogens is 1. The molecule has 0 saturated carbocycles. The molecular weight excluding hydrogens is 511 g/mol.